The Kier molecular flexibility index (Phi) is 4.79. The van der Waals surface area contributed by atoms with Gasteiger partial charge >= 0.3 is 0 Å². The van der Waals surface area contributed by atoms with Gasteiger partial charge in [-0.25, -0.2) is 4.98 Å². The minimum Gasteiger partial charge on any atom is -0.478 e. The molecule has 2 aromatic heterocycles. The molecule has 6 heteroatoms. The Morgan fingerprint density at radius 1 is 1.20 bits per heavy atom. The van der Waals surface area contributed by atoms with Crippen molar-refractivity contribution in [3.05, 3.63) is 59.4 Å². The van der Waals surface area contributed by atoms with Gasteiger partial charge in [-0.3, -0.25) is 9.59 Å². The zero-order valence-electron chi connectivity index (χ0n) is 14.1. The SMILES string of the molecule is CCOc1ncccc1CNC(=O)C(=O)c1c(C)[nH]c2ccccc12. The number of benzene rings is 1. The number of Topliss-reactive ketones (excluding diaryl/α,β-unsaturated/α-hetero) is 1. The highest BCUT2D eigenvalue weighted by molar-refractivity contribution is 6.45. The van der Waals surface area contributed by atoms with Gasteiger partial charge in [0.05, 0.1) is 12.2 Å². The number of aryl methyl sites for hydroxylation is 1. The van der Waals surface area contributed by atoms with E-state index in [9.17, 15) is 9.59 Å². The number of ketones is 1. The lowest BCUT2D eigenvalue weighted by atomic mass is 10.1. The van der Waals surface area contributed by atoms with Gasteiger partial charge < -0.3 is 15.0 Å². The highest BCUT2D eigenvalue weighted by atomic mass is 16.5. The van der Waals surface area contributed by atoms with Crippen LogP contribution in [0.3, 0.4) is 0 Å². The topological polar surface area (TPSA) is 84.1 Å². The van der Waals surface area contributed by atoms with Crippen LogP contribution < -0.4 is 10.1 Å². The molecule has 0 bridgehead atoms. The lowest BCUT2D eigenvalue weighted by Gasteiger charge is -2.09. The summed E-state index contributed by atoms with van der Waals surface area (Å²) < 4.78 is 5.43. The van der Waals surface area contributed by atoms with Crippen LogP contribution >= 0.6 is 0 Å². The Morgan fingerprint density at radius 2 is 2.00 bits per heavy atom. The molecule has 0 aliphatic rings. The Hall–Kier alpha value is -3.15. The molecular weight excluding hydrogens is 318 g/mol. The van der Waals surface area contributed by atoms with Crippen molar-refractivity contribution in [2.75, 3.05) is 6.61 Å². The molecule has 0 aliphatic heterocycles. The number of carbonyl (C=O) groups is 2. The third kappa shape index (κ3) is 3.38. The average molecular weight is 337 g/mol. The van der Waals surface area contributed by atoms with E-state index < -0.39 is 11.7 Å². The molecule has 3 aromatic rings. The van der Waals surface area contributed by atoms with Crippen molar-refractivity contribution in [3.8, 4) is 5.88 Å². The van der Waals surface area contributed by atoms with Crippen LogP contribution in [-0.2, 0) is 11.3 Å². The van der Waals surface area contributed by atoms with Crippen molar-refractivity contribution < 1.29 is 14.3 Å². The molecule has 0 radical (unpaired) electrons. The van der Waals surface area contributed by atoms with Crippen LogP contribution in [0.5, 0.6) is 5.88 Å². The van der Waals surface area contributed by atoms with E-state index in [1.54, 1.807) is 25.3 Å². The van der Waals surface area contributed by atoms with E-state index in [0.717, 1.165) is 16.5 Å². The Bertz CT molecular complexity index is 931. The molecule has 25 heavy (non-hydrogen) atoms. The van der Waals surface area contributed by atoms with Gasteiger partial charge in [0.1, 0.15) is 0 Å². The van der Waals surface area contributed by atoms with Gasteiger partial charge in [0.2, 0.25) is 5.88 Å². The summed E-state index contributed by atoms with van der Waals surface area (Å²) in [5.74, 6) is -0.753. The molecule has 2 N–H and O–H groups in total. The standard InChI is InChI=1S/C19H19N3O3/c1-3-25-19-13(7-6-10-20-19)11-21-18(24)17(23)16-12(2)22-15-9-5-4-8-14(15)16/h4-10,22H,3,11H2,1-2H3,(H,21,24). The summed E-state index contributed by atoms with van der Waals surface area (Å²) >= 11 is 0. The summed E-state index contributed by atoms with van der Waals surface area (Å²) in [6, 6.07) is 11.0. The molecule has 1 amide bonds. The average Bonchev–Trinajstić information content (AvgIpc) is 2.96. The van der Waals surface area contributed by atoms with Crippen LogP contribution in [0.15, 0.2) is 42.6 Å². The number of ether oxygens (including phenoxy) is 1. The van der Waals surface area contributed by atoms with Crippen LogP contribution in [0.4, 0.5) is 0 Å². The van der Waals surface area contributed by atoms with Crippen LogP contribution in [0.1, 0.15) is 28.5 Å². The second-order valence-corrected chi connectivity index (χ2v) is 5.58. The number of hydrogen-bond acceptors (Lipinski definition) is 4. The number of amides is 1. The summed E-state index contributed by atoms with van der Waals surface area (Å²) in [6.45, 7) is 4.30. The third-order valence-corrected chi connectivity index (χ3v) is 3.90. The first-order valence-corrected chi connectivity index (χ1v) is 8.08. The number of H-pyrrole nitrogens is 1. The van der Waals surface area contributed by atoms with E-state index in [2.05, 4.69) is 15.3 Å². The van der Waals surface area contributed by atoms with Gasteiger partial charge in [-0.15, -0.1) is 0 Å². The van der Waals surface area contributed by atoms with E-state index in [1.807, 2.05) is 31.2 Å². The zero-order valence-corrected chi connectivity index (χ0v) is 14.1. The highest BCUT2D eigenvalue weighted by Crippen LogP contribution is 2.22. The summed E-state index contributed by atoms with van der Waals surface area (Å²) in [4.78, 5) is 32.2. The first-order valence-electron chi connectivity index (χ1n) is 8.08. The second-order valence-electron chi connectivity index (χ2n) is 5.58. The minimum absolute atomic E-state index is 0.176. The molecule has 0 fully saturated rings. The lowest BCUT2D eigenvalue weighted by Crippen LogP contribution is -2.31. The number of para-hydroxylation sites is 1. The number of aromatic nitrogens is 2. The first kappa shape index (κ1) is 16.7. The predicted octanol–water partition coefficient (Wildman–Crippen LogP) is 2.77. The smallest absolute Gasteiger partial charge is 0.292 e. The molecule has 0 atom stereocenters. The van der Waals surface area contributed by atoms with Crippen LogP contribution in [0, 0.1) is 6.92 Å². The third-order valence-electron chi connectivity index (χ3n) is 3.90. The first-order chi connectivity index (χ1) is 12.1. The zero-order chi connectivity index (χ0) is 17.8. The van der Waals surface area contributed by atoms with Gasteiger partial charge in [-0.05, 0) is 26.0 Å². The van der Waals surface area contributed by atoms with Crippen LogP contribution in [0.2, 0.25) is 0 Å². The Morgan fingerprint density at radius 3 is 2.80 bits per heavy atom. The predicted molar refractivity (Wildman–Crippen MR) is 94.6 cm³/mol. The minimum atomic E-state index is -0.654. The number of rotatable bonds is 6. The van der Waals surface area contributed by atoms with Gasteiger partial charge in [0, 0.05) is 34.9 Å². The van der Waals surface area contributed by atoms with E-state index in [4.69, 9.17) is 4.74 Å². The second kappa shape index (κ2) is 7.17. The molecule has 0 unspecified atom stereocenters. The number of carbonyl (C=O) groups excluding carboxylic acids is 2. The maximum Gasteiger partial charge on any atom is 0.292 e. The number of pyridine rings is 1. The van der Waals surface area contributed by atoms with Crippen molar-refractivity contribution >= 4 is 22.6 Å². The number of fused-ring (bicyclic) bond motifs is 1. The molecular formula is C19H19N3O3. The van der Waals surface area contributed by atoms with Crippen molar-refractivity contribution in [3.63, 3.8) is 0 Å². The number of hydrogen-bond donors (Lipinski definition) is 2. The lowest BCUT2D eigenvalue weighted by molar-refractivity contribution is -0.117. The summed E-state index contributed by atoms with van der Waals surface area (Å²) in [5.41, 5.74) is 2.64. The Balaban J connectivity index is 1.77. The molecule has 3 rings (SSSR count). The van der Waals surface area contributed by atoms with E-state index >= 15 is 0 Å². The number of nitrogens with zero attached hydrogens (tertiary/aromatic N) is 1. The van der Waals surface area contributed by atoms with E-state index in [-0.39, 0.29) is 6.54 Å². The number of nitrogens with one attached hydrogen (secondary N) is 2. The molecule has 0 spiro atoms. The van der Waals surface area contributed by atoms with Crippen molar-refractivity contribution in [2.24, 2.45) is 0 Å². The fraction of sp³-hybridized carbons (Fsp3) is 0.211. The van der Waals surface area contributed by atoms with Gasteiger partial charge in [-0.2, -0.15) is 0 Å². The van der Waals surface area contributed by atoms with Gasteiger partial charge in [0.15, 0.2) is 0 Å². The van der Waals surface area contributed by atoms with Gasteiger partial charge in [-0.1, -0.05) is 24.3 Å². The quantitative estimate of drug-likeness (QED) is 0.535. The van der Waals surface area contributed by atoms with Crippen molar-refractivity contribution in [2.45, 2.75) is 20.4 Å². The highest BCUT2D eigenvalue weighted by Gasteiger charge is 2.22. The summed E-state index contributed by atoms with van der Waals surface area (Å²) in [6.07, 6.45) is 1.62. The van der Waals surface area contributed by atoms with E-state index in [1.165, 1.54) is 0 Å². The van der Waals surface area contributed by atoms with Crippen LogP contribution in [0.25, 0.3) is 10.9 Å². The Labute approximate surface area is 145 Å². The molecule has 0 aliphatic carbocycles. The molecule has 0 saturated carbocycles. The monoisotopic (exact) mass is 337 g/mol. The largest absolute Gasteiger partial charge is 0.478 e. The normalized spacial score (nSPS) is 10.6. The van der Waals surface area contributed by atoms with E-state index in [0.29, 0.717) is 23.7 Å². The molecule has 128 valence electrons. The van der Waals surface area contributed by atoms with Crippen molar-refractivity contribution in [1.29, 1.82) is 0 Å². The fourth-order valence-corrected chi connectivity index (χ4v) is 2.76. The molecule has 1 aromatic carbocycles. The maximum absolute atomic E-state index is 12.6. The fourth-order valence-electron chi connectivity index (χ4n) is 2.76. The van der Waals surface area contributed by atoms with Crippen LogP contribution in [-0.4, -0.2) is 28.3 Å². The van der Waals surface area contributed by atoms with Crippen molar-refractivity contribution in [1.82, 2.24) is 15.3 Å². The summed E-state index contributed by atoms with van der Waals surface area (Å²) in [5, 5.41) is 3.40. The number of aromatic amines is 1. The summed E-state index contributed by atoms with van der Waals surface area (Å²) in [7, 11) is 0. The molecule has 0 saturated heterocycles. The van der Waals surface area contributed by atoms with Gasteiger partial charge in [0.25, 0.3) is 11.7 Å². The maximum atomic E-state index is 12.6. The molecule has 2 heterocycles. The molecule has 6 nitrogen and oxygen atoms in total.